The Morgan fingerprint density at radius 1 is 1.15 bits per heavy atom. The normalized spacial score (nSPS) is 14.9. The highest BCUT2D eigenvalue weighted by Crippen LogP contribution is 2.36. The molecule has 1 heterocycles. The van der Waals surface area contributed by atoms with Crippen molar-refractivity contribution in [2.45, 2.75) is 25.9 Å². The Kier molecular flexibility index (Phi) is 6.09. The van der Waals surface area contributed by atoms with E-state index < -0.39 is 47.7 Å². The number of unbranched alkanes of at least 4 members (excludes halogenated alkanes) is 1. The monoisotopic (exact) mass is 405 g/mol. The number of rotatable bonds is 6. The van der Waals surface area contributed by atoms with E-state index in [9.17, 15) is 32.3 Å². The van der Waals surface area contributed by atoms with Crippen molar-refractivity contribution in [1.82, 2.24) is 9.80 Å². The number of nitrogens with one attached hydrogen (secondary N) is 1. The Morgan fingerprint density at radius 2 is 1.78 bits per heavy atom. The lowest BCUT2D eigenvalue weighted by Crippen LogP contribution is -2.39. The van der Waals surface area contributed by atoms with Gasteiger partial charge in [-0.2, -0.15) is 13.2 Å². The number of alkyl halides is 3. The second kappa shape index (κ2) is 7.95. The van der Waals surface area contributed by atoms with Crippen LogP contribution in [0.25, 0.3) is 0 Å². The van der Waals surface area contributed by atoms with Gasteiger partial charge in [0.25, 0.3) is 0 Å². The third-order valence-electron chi connectivity index (χ3n) is 3.73. The summed E-state index contributed by atoms with van der Waals surface area (Å²) in [5, 5.41) is 1.81. The molecule has 7 nitrogen and oxygen atoms in total. The minimum absolute atomic E-state index is 0.0213. The van der Waals surface area contributed by atoms with Gasteiger partial charge in [-0.1, -0.05) is 24.9 Å². The van der Waals surface area contributed by atoms with E-state index in [4.69, 9.17) is 11.6 Å². The van der Waals surface area contributed by atoms with Crippen molar-refractivity contribution in [2.75, 3.05) is 18.4 Å². The summed E-state index contributed by atoms with van der Waals surface area (Å²) in [6.45, 7) is 0.960. The number of nitrogens with zero attached hydrogens (tertiary/aromatic N) is 2. The van der Waals surface area contributed by atoms with Crippen molar-refractivity contribution in [2.24, 2.45) is 0 Å². The maximum atomic E-state index is 13.0. The van der Waals surface area contributed by atoms with E-state index in [-0.39, 0.29) is 11.6 Å². The first-order chi connectivity index (χ1) is 12.6. The van der Waals surface area contributed by atoms with Crippen LogP contribution in [0.4, 0.5) is 23.7 Å². The first-order valence-corrected chi connectivity index (χ1v) is 8.28. The fourth-order valence-electron chi connectivity index (χ4n) is 2.40. The molecule has 0 spiro atoms. The van der Waals surface area contributed by atoms with Crippen LogP contribution in [-0.2, 0) is 20.6 Å². The largest absolute Gasteiger partial charge is 0.418 e. The van der Waals surface area contributed by atoms with Crippen LogP contribution < -0.4 is 5.32 Å². The predicted octanol–water partition coefficient (Wildman–Crippen LogP) is 2.89. The van der Waals surface area contributed by atoms with E-state index in [0.29, 0.717) is 28.7 Å². The van der Waals surface area contributed by atoms with Crippen molar-refractivity contribution in [3.05, 3.63) is 28.8 Å². The van der Waals surface area contributed by atoms with Gasteiger partial charge in [0.1, 0.15) is 6.54 Å². The van der Waals surface area contributed by atoms with E-state index >= 15 is 0 Å². The van der Waals surface area contributed by atoms with Crippen LogP contribution >= 0.6 is 11.6 Å². The van der Waals surface area contributed by atoms with E-state index in [1.54, 1.807) is 0 Å². The number of anilines is 1. The van der Waals surface area contributed by atoms with Gasteiger partial charge in [-0.25, -0.2) is 9.69 Å². The lowest BCUT2D eigenvalue weighted by atomic mass is 10.1. The SMILES string of the molecule is CCCCN1C(=O)C(=O)N(CC(=O)Nc2ccc(Cl)cc2C(F)(F)F)C1=O. The summed E-state index contributed by atoms with van der Waals surface area (Å²) in [7, 11) is 0. The second-order valence-electron chi connectivity index (χ2n) is 5.72. The van der Waals surface area contributed by atoms with Crippen LogP contribution in [0.1, 0.15) is 25.3 Å². The average Bonchev–Trinajstić information content (AvgIpc) is 2.77. The number of urea groups is 1. The fraction of sp³-hybridized carbons (Fsp3) is 0.375. The zero-order valence-electron chi connectivity index (χ0n) is 14.1. The summed E-state index contributed by atoms with van der Waals surface area (Å²) in [6.07, 6.45) is -3.63. The standard InChI is InChI=1S/C16H15ClF3N3O4/c1-2-3-6-22-13(25)14(26)23(15(22)27)8-12(24)21-11-5-4-9(17)7-10(11)16(18,19)20/h4-5,7H,2-3,6,8H2,1H3,(H,21,24). The predicted molar refractivity (Wildman–Crippen MR) is 88.8 cm³/mol. The van der Waals surface area contributed by atoms with Gasteiger partial charge in [0.15, 0.2) is 0 Å². The molecule has 0 unspecified atom stereocenters. The van der Waals surface area contributed by atoms with Gasteiger partial charge in [-0.3, -0.25) is 19.3 Å². The summed E-state index contributed by atoms with van der Waals surface area (Å²) in [6, 6.07) is 1.77. The Morgan fingerprint density at radius 3 is 2.37 bits per heavy atom. The van der Waals surface area contributed by atoms with Crippen molar-refractivity contribution in [3.8, 4) is 0 Å². The first kappa shape index (κ1) is 20.7. The van der Waals surface area contributed by atoms with Crippen molar-refractivity contribution >= 4 is 41.0 Å². The molecule has 0 saturated carbocycles. The molecular formula is C16H15ClF3N3O4. The first-order valence-electron chi connectivity index (χ1n) is 7.90. The third kappa shape index (κ3) is 4.57. The number of halogens is 4. The molecular weight excluding hydrogens is 391 g/mol. The molecule has 1 aromatic carbocycles. The molecule has 0 aliphatic carbocycles. The average molecular weight is 406 g/mol. The number of amides is 5. The molecule has 1 saturated heterocycles. The number of benzene rings is 1. The van der Waals surface area contributed by atoms with Crippen LogP contribution in [0, 0.1) is 0 Å². The van der Waals surface area contributed by atoms with E-state index in [1.165, 1.54) is 0 Å². The highest BCUT2D eigenvalue weighted by Gasteiger charge is 2.45. The Balaban J connectivity index is 2.14. The van der Waals surface area contributed by atoms with Gasteiger partial charge in [0.05, 0.1) is 11.3 Å². The molecule has 1 aliphatic heterocycles. The highest BCUT2D eigenvalue weighted by molar-refractivity contribution is 6.45. The highest BCUT2D eigenvalue weighted by atomic mass is 35.5. The molecule has 5 amide bonds. The summed E-state index contributed by atoms with van der Waals surface area (Å²) in [5.74, 6) is -3.32. The summed E-state index contributed by atoms with van der Waals surface area (Å²) in [5.41, 5.74) is -1.76. The minimum atomic E-state index is -4.78. The Hall–Kier alpha value is -2.62. The molecule has 11 heteroatoms. The number of hydrogen-bond acceptors (Lipinski definition) is 4. The third-order valence-corrected chi connectivity index (χ3v) is 3.97. The van der Waals surface area contributed by atoms with E-state index in [1.807, 2.05) is 12.2 Å². The van der Waals surface area contributed by atoms with Gasteiger partial charge >= 0.3 is 24.0 Å². The maximum absolute atomic E-state index is 13.0. The molecule has 2 rings (SSSR count). The number of carbonyl (C=O) groups excluding carboxylic acids is 4. The van der Waals surface area contributed by atoms with E-state index in [0.717, 1.165) is 12.1 Å². The van der Waals surface area contributed by atoms with Gasteiger partial charge in [0, 0.05) is 11.6 Å². The molecule has 1 fully saturated rings. The number of hydrogen-bond donors (Lipinski definition) is 1. The lowest BCUT2D eigenvalue weighted by molar-refractivity contribution is -0.143. The summed E-state index contributed by atoms with van der Waals surface area (Å²) < 4.78 is 39.1. The van der Waals surface area contributed by atoms with Crippen molar-refractivity contribution in [1.29, 1.82) is 0 Å². The second-order valence-corrected chi connectivity index (χ2v) is 6.16. The molecule has 0 aromatic heterocycles. The minimum Gasteiger partial charge on any atom is -0.324 e. The van der Waals surface area contributed by atoms with Crippen LogP contribution in [0.5, 0.6) is 0 Å². The zero-order chi connectivity index (χ0) is 20.4. The van der Waals surface area contributed by atoms with Crippen molar-refractivity contribution in [3.63, 3.8) is 0 Å². The molecule has 1 aliphatic rings. The molecule has 1 N–H and O–H groups in total. The van der Waals surface area contributed by atoms with E-state index in [2.05, 4.69) is 0 Å². The number of imide groups is 2. The van der Waals surface area contributed by atoms with Crippen LogP contribution in [0.2, 0.25) is 5.02 Å². The van der Waals surface area contributed by atoms with Crippen molar-refractivity contribution < 1.29 is 32.3 Å². The van der Waals surface area contributed by atoms with Gasteiger partial charge in [-0.05, 0) is 24.6 Å². The van der Waals surface area contributed by atoms with Crippen LogP contribution in [0.3, 0.4) is 0 Å². The summed E-state index contributed by atoms with van der Waals surface area (Å²) in [4.78, 5) is 49.0. The van der Waals surface area contributed by atoms with Gasteiger partial charge in [0.2, 0.25) is 5.91 Å². The maximum Gasteiger partial charge on any atom is 0.418 e. The molecule has 146 valence electrons. The zero-order valence-corrected chi connectivity index (χ0v) is 14.9. The molecule has 0 bridgehead atoms. The topological polar surface area (TPSA) is 86.8 Å². The Labute approximate surface area is 157 Å². The Bertz CT molecular complexity index is 798. The lowest BCUT2D eigenvalue weighted by Gasteiger charge is -2.17. The molecule has 0 atom stereocenters. The molecule has 1 aromatic rings. The fourth-order valence-corrected chi connectivity index (χ4v) is 2.57. The smallest absolute Gasteiger partial charge is 0.324 e. The molecule has 0 radical (unpaired) electrons. The number of carbonyl (C=O) groups is 4. The van der Waals surface area contributed by atoms with Gasteiger partial charge < -0.3 is 5.32 Å². The molecule has 27 heavy (non-hydrogen) atoms. The van der Waals surface area contributed by atoms with Crippen LogP contribution in [-0.4, -0.2) is 46.6 Å². The van der Waals surface area contributed by atoms with Crippen LogP contribution in [0.15, 0.2) is 18.2 Å². The quantitative estimate of drug-likeness (QED) is 0.582. The van der Waals surface area contributed by atoms with Gasteiger partial charge in [-0.15, -0.1) is 0 Å². The summed E-state index contributed by atoms with van der Waals surface area (Å²) >= 11 is 5.56.